The Bertz CT molecular complexity index is 3100. The molecule has 0 bridgehead atoms. The van der Waals surface area contributed by atoms with Gasteiger partial charge in [-0.2, -0.15) is 0 Å². The van der Waals surface area contributed by atoms with Crippen molar-refractivity contribution in [2.45, 2.75) is 19.3 Å². The Morgan fingerprint density at radius 3 is 1.71 bits per heavy atom. The molecule has 0 fully saturated rings. The molecule has 0 radical (unpaired) electrons. The molecule has 9 aromatic rings. The lowest BCUT2D eigenvalue weighted by atomic mass is 9.80. The van der Waals surface area contributed by atoms with Gasteiger partial charge in [0.15, 0.2) is 0 Å². The first-order chi connectivity index (χ1) is 27.1. The van der Waals surface area contributed by atoms with Crippen LogP contribution in [0.3, 0.4) is 0 Å². The van der Waals surface area contributed by atoms with Crippen LogP contribution in [-0.2, 0) is 5.41 Å². The minimum absolute atomic E-state index is 0.0743. The number of benzene rings is 8. The molecule has 1 N–H and O–H groups in total. The van der Waals surface area contributed by atoms with Gasteiger partial charge in [0.05, 0.1) is 0 Å². The molecule has 0 amide bonds. The highest BCUT2D eigenvalue weighted by atomic mass is 14.8. The summed E-state index contributed by atoms with van der Waals surface area (Å²) in [6, 6.07) is 56.0. The third-order valence-electron chi connectivity index (χ3n) is 12.2. The maximum absolute atomic E-state index is 4.71. The van der Waals surface area contributed by atoms with Crippen molar-refractivity contribution in [3.63, 3.8) is 0 Å². The Morgan fingerprint density at radius 2 is 0.982 bits per heavy atom. The quantitative estimate of drug-likeness (QED) is 0.185. The zero-order valence-electron chi connectivity index (χ0n) is 30.9. The molecule has 0 spiro atoms. The van der Waals surface area contributed by atoms with Crippen molar-refractivity contribution in [1.29, 1.82) is 0 Å². The monoisotopic (exact) mass is 702 g/mol. The lowest BCUT2D eigenvalue weighted by Crippen LogP contribution is -2.36. The first-order valence-electron chi connectivity index (χ1n) is 19.3. The summed E-state index contributed by atoms with van der Waals surface area (Å²) in [5.74, 6) is 0. The highest BCUT2D eigenvalue weighted by molar-refractivity contribution is 6.21. The standard InChI is InChI=1S/C53H38N2/c1-53(2)47-19-11-10-14-37(47)38-25-24-36(30-48(38)53)52-42-18-9-8-17-41(42)51(46-32-55-29-27-44(46)52)35-22-20-34(21-23-35)50-40-16-7-6-15-39(40)49(33-12-4-3-5-13-33)43-26-28-54-31-45(43)50/h3-27,29-32,54H,28H2,1-2H3. The number of hydrogen-bond acceptors (Lipinski definition) is 2. The van der Waals surface area contributed by atoms with E-state index in [9.17, 15) is 0 Å². The zero-order valence-corrected chi connectivity index (χ0v) is 30.9. The lowest BCUT2D eigenvalue weighted by Gasteiger charge is -2.23. The number of hydrogen-bond donors (Lipinski definition) is 1. The first kappa shape index (κ1) is 31.7. The average molecular weight is 703 g/mol. The minimum atomic E-state index is -0.0743. The van der Waals surface area contributed by atoms with Gasteiger partial charge in [-0.15, -0.1) is 0 Å². The molecular formula is C53H38N2. The smallest absolute Gasteiger partial charge is 0.0353 e. The lowest BCUT2D eigenvalue weighted by molar-refractivity contribution is 0.660. The number of nitrogens with one attached hydrogen (secondary N) is 1. The van der Waals surface area contributed by atoms with E-state index in [0.29, 0.717) is 0 Å². The first-order valence-corrected chi connectivity index (χ1v) is 19.3. The van der Waals surface area contributed by atoms with Crippen LogP contribution in [0.4, 0.5) is 0 Å². The number of aromatic nitrogens is 1. The van der Waals surface area contributed by atoms with Gasteiger partial charge >= 0.3 is 0 Å². The van der Waals surface area contributed by atoms with E-state index in [1.54, 1.807) is 0 Å². The van der Waals surface area contributed by atoms with Gasteiger partial charge in [0, 0.05) is 41.2 Å². The summed E-state index contributed by atoms with van der Waals surface area (Å²) in [5.41, 5.74) is 15.3. The van der Waals surface area contributed by atoms with Gasteiger partial charge in [-0.3, -0.25) is 4.98 Å². The van der Waals surface area contributed by atoms with E-state index in [2.05, 4.69) is 189 Å². The largest absolute Gasteiger partial charge is 0.387 e. The summed E-state index contributed by atoms with van der Waals surface area (Å²) in [5, 5.41) is 13.4. The van der Waals surface area contributed by atoms with E-state index >= 15 is 0 Å². The van der Waals surface area contributed by atoms with Crippen LogP contribution in [0.25, 0.3) is 100 Å². The number of nitrogens with zero attached hydrogens (tertiary/aromatic N) is 1. The Labute approximate surface area is 320 Å². The van der Waals surface area contributed by atoms with E-state index < -0.39 is 0 Å². The highest BCUT2D eigenvalue weighted by Crippen LogP contribution is 2.51. The molecule has 55 heavy (non-hydrogen) atoms. The van der Waals surface area contributed by atoms with E-state index in [1.807, 2.05) is 6.20 Å². The van der Waals surface area contributed by atoms with E-state index in [4.69, 9.17) is 4.98 Å². The summed E-state index contributed by atoms with van der Waals surface area (Å²) < 4.78 is 0. The molecule has 1 aliphatic carbocycles. The third kappa shape index (κ3) is 4.71. The second-order valence-electron chi connectivity index (χ2n) is 15.5. The van der Waals surface area contributed by atoms with Crippen molar-refractivity contribution in [3.8, 4) is 55.6 Å². The third-order valence-corrected chi connectivity index (χ3v) is 12.2. The van der Waals surface area contributed by atoms with Crippen LogP contribution >= 0.6 is 0 Å². The van der Waals surface area contributed by atoms with Crippen molar-refractivity contribution in [2.24, 2.45) is 0 Å². The summed E-state index contributed by atoms with van der Waals surface area (Å²) >= 11 is 0. The normalized spacial score (nSPS) is 13.8. The fourth-order valence-corrected chi connectivity index (χ4v) is 9.70. The maximum atomic E-state index is 4.71. The van der Waals surface area contributed by atoms with Crippen molar-refractivity contribution >= 4 is 44.6 Å². The van der Waals surface area contributed by atoms with Crippen molar-refractivity contribution in [3.05, 3.63) is 186 Å². The van der Waals surface area contributed by atoms with Gasteiger partial charge < -0.3 is 5.32 Å². The molecule has 2 heteroatoms. The predicted molar refractivity (Wildman–Crippen MR) is 232 cm³/mol. The fraction of sp³-hybridized carbons (Fsp3) is 0.0755. The average Bonchev–Trinajstić information content (AvgIpc) is 3.47. The zero-order chi connectivity index (χ0) is 36.7. The summed E-state index contributed by atoms with van der Waals surface area (Å²) in [6.45, 7) is 5.53. The van der Waals surface area contributed by atoms with Crippen LogP contribution in [0.2, 0.25) is 0 Å². The molecule has 1 aliphatic heterocycles. The van der Waals surface area contributed by atoms with Crippen LogP contribution < -0.4 is 15.8 Å². The fourth-order valence-electron chi connectivity index (χ4n) is 9.70. The van der Waals surface area contributed by atoms with Gasteiger partial charge in [0.1, 0.15) is 0 Å². The van der Waals surface area contributed by atoms with Crippen molar-refractivity contribution in [1.82, 2.24) is 10.3 Å². The van der Waals surface area contributed by atoms with Gasteiger partial charge in [-0.05, 0) is 111 Å². The van der Waals surface area contributed by atoms with Crippen LogP contribution in [0.5, 0.6) is 0 Å². The minimum Gasteiger partial charge on any atom is -0.387 e. The number of fused-ring (bicyclic) bond motifs is 7. The van der Waals surface area contributed by atoms with Crippen LogP contribution in [0, 0.1) is 0 Å². The molecule has 8 aromatic carbocycles. The van der Waals surface area contributed by atoms with Gasteiger partial charge in [-0.25, -0.2) is 0 Å². The molecule has 2 aliphatic rings. The Morgan fingerprint density at radius 1 is 0.455 bits per heavy atom. The highest BCUT2D eigenvalue weighted by Gasteiger charge is 2.35. The second-order valence-corrected chi connectivity index (χ2v) is 15.5. The topological polar surface area (TPSA) is 24.9 Å². The molecule has 2 heterocycles. The molecule has 2 nitrogen and oxygen atoms in total. The molecule has 1 aromatic heterocycles. The molecule has 0 saturated carbocycles. The van der Waals surface area contributed by atoms with Crippen molar-refractivity contribution in [2.75, 3.05) is 6.54 Å². The Kier molecular flexibility index (Phi) is 7.00. The van der Waals surface area contributed by atoms with Gasteiger partial charge in [-0.1, -0.05) is 159 Å². The van der Waals surface area contributed by atoms with E-state index in [0.717, 1.165) is 11.9 Å². The molecule has 0 atom stereocenters. The summed E-state index contributed by atoms with van der Waals surface area (Å²) in [7, 11) is 0. The number of pyridine rings is 1. The Hall–Kier alpha value is -6.77. The molecule has 0 unspecified atom stereocenters. The Balaban J connectivity index is 1.10. The SMILES string of the molecule is CC1(C)c2ccccc2-c2ccc(-c3c4ccccc4c(-c4ccc(-c5c6c(c(-c7ccccc7)c7ccccc57)=CCNC=6)cc4)c4cnccc34)cc21. The molecule has 11 rings (SSSR count). The summed E-state index contributed by atoms with van der Waals surface area (Å²) in [6.07, 6.45) is 8.55. The second kappa shape index (κ2) is 12.1. The van der Waals surface area contributed by atoms with Crippen LogP contribution in [0.15, 0.2) is 164 Å². The van der Waals surface area contributed by atoms with Crippen LogP contribution in [-0.4, -0.2) is 11.5 Å². The van der Waals surface area contributed by atoms with E-state index in [1.165, 1.54) is 104 Å². The molecule has 260 valence electrons. The maximum Gasteiger partial charge on any atom is 0.0353 e. The predicted octanol–water partition coefficient (Wildman–Crippen LogP) is 11.6. The molecule has 0 saturated heterocycles. The summed E-state index contributed by atoms with van der Waals surface area (Å²) in [4.78, 5) is 4.71. The van der Waals surface area contributed by atoms with E-state index in [-0.39, 0.29) is 5.41 Å². The number of rotatable bonds is 4. The van der Waals surface area contributed by atoms with Gasteiger partial charge in [0.25, 0.3) is 0 Å². The van der Waals surface area contributed by atoms with Crippen LogP contribution in [0.1, 0.15) is 25.0 Å². The molecular weight excluding hydrogens is 665 g/mol. The van der Waals surface area contributed by atoms with Gasteiger partial charge in [0.2, 0.25) is 0 Å². The van der Waals surface area contributed by atoms with Crippen molar-refractivity contribution < 1.29 is 0 Å².